The van der Waals surface area contributed by atoms with Gasteiger partial charge in [0.05, 0.1) is 17.4 Å². The summed E-state index contributed by atoms with van der Waals surface area (Å²) in [4.78, 5) is 18.2. The lowest BCUT2D eigenvalue weighted by Gasteiger charge is -2.41. The van der Waals surface area contributed by atoms with Crippen LogP contribution in [0.1, 0.15) is 25.0 Å². The Hall–Kier alpha value is -3.34. The van der Waals surface area contributed by atoms with Gasteiger partial charge in [-0.1, -0.05) is 41.0 Å². The van der Waals surface area contributed by atoms with E-state index < -0.39 is 67.1 Å². The average Bonchev–Trinajstić information content (AvgIpc) is 3.62. The van der Waals surface area contributed by atoms with Gasteiger partial charge in [0.2, 0.25) is 12.2 Å². The molecule has 13 nitrogen and oxygen atoms in total. The summed E-state index contributed by atoms with van der Waals surface area (Å²) in [6.45, 7) is 2.95. The third kappa shape index (κ3) is 7.08. The van der Waals surface area contributed by atoms with Gasteiger partial charge < -0.3 is 55.3 Å². The molecule has 10 atom stereocenters. The smallest absolute Gasteiger partial charge is 0.247 e. The molecular weight excluding hydrogens is 617 g/mol. The molecule has 3 aliphatic rings. The van der Waals surface area contributed by atoms with E-state index in [0.29, 0.717) is 16.1 Å². The van der Waals surface area contributed by atoms with Crippen molar-refractivity contribution in [3.8, 4) is 5.75 Å². The number of hydrogen-bond donors (Lipinski definition) is 6. The first kappa shape index (κ1) is 33.0. The van der Waals surface area contributed by atoms with Crippen molar-refractivity contribution in [2.75, 3.05) is 12.5 Å². The monoisotopic (exact) mass is 651 g/mol. The number of carbonyl (C=O) groups excluding carboxylic acids is 1. The first-order valence-corrected chi connectivity index (χ1v) is 14.5. The third-order valence-electron chi connectivity index (χ3n) is 7.90. The van der Waals surface area contributed by atoms with E-state index in [9.17, 15) is 29.6 Å². The van der Waals surface area contributed by atoms with Crippen LogP contribution in [-0.2, 0) is 30.4 Å². The Labute approximate surface area is 262 Å². The van der Waals surface area contributed by atoms with Gasteiger partial charge in [-0.25, -0.2) is 4.39 Å². The maximum Gasteiger partial charge on any atom is 0.247 e. The van der Waals surface area contributed by atoms with Crippen molar-refractivity contribution in [2.45, 2.75) is 81.7 Å². The molecule has 1 saturated carbocycles. The van der Waals surface area contributed by atoms with E-state index in [-0.39, 0.29) is 36.1 Å². The standard InChI is InChI=1S/C30H35ClFN3O10/c1-13(29(40)34-21-23(37)25(39)28-27(24(21)38)41-12-42-28)9-15-7-8-19(18(33)10-15)44-30-20(32)22(36)26(45-30)14(2)35-43-11-16-5-3-4-6-17(16)31/h3-10,20-28,30,36-39H,11-12,33H2,1-2H3,(H,34,40)/t20-,21+,22-,23-,24+,25+,26+,27-,28+,30+/m0/s1. The van der Waals surface area contributed by atoms with E-state index in [1.54, 1.807) is 30.3 Å². The molecule has 2 saturated heterocycles. The van der Waals surface area contributed by atoms with Crippen molar-refractivity contribution in [3.63, 3.8) is 0 Å². The van der Waals surface area contributed by atoms with Crippen molar-refractivity contribution in [1.82, 2.24) is 5.32 Å². The van der Waals surface area contributed by atoms with Gasteiger partial charge in [0, 0.05) is 16.2 Å². The Bertz CT molecular complexity index is 1450. The molecule has 2 aliphatic heterocycles. The molecule has 0 radical (unpaired) electrons. The minimum absolute atomic E-state index is 0.0656. The maximum atomic E-state index is 15.0. The molecule has 0 bridgehead atoms. The van der Waals surface area contributed by atoms with E-state index >= 15 is 0 Å². The number of ether oxygens (including phenoxy) is 4. The van der Waals surface area contributed by atoms with Gasteiger partial charge in [0.25, 0.3) is 0 Å². The fourth-order valence-electron chi connectivity index (χ4n) is 5.36. The Balaban J connectivity index is 1.18. The second-order valence-corrected chi connectivity index (χ2v) is 11.5. The molecule has 2 aromatic carbocycles. The second-order valence-electron chi connectivity index (χ2n) is 11.1. The summed E-state index contributed by atoms with van der Waals surface area (Å²) in [5.41, 5.74) is 7.82. The van der Waals surface area contributed by atoms with Crippen LogP contribution in [-0.4, -0.2) is 100 Å². The predicted octanol–water partition coefficient (Wildman–Crippen LogP) is 1.04. The maximum absolute atomic E-state index is 15.0. The number of carbonyl (C=O) groups is 1. The average molecular weight is 652 g/mol. The number of aliphatic hydroxyl groups excluding tert-OH is 4. The van der Waals surface area contributed by atoms with Crippen LogP contribution < -0.4 is 15.8 Å². The summed E-state index contributed by atoms with van der Waals surface area (Å²) in [5, 5.41) is 48.8. The molecule has 15 heteroatoms. The van der Waals surface area contributed by atoms with Crippen LogP contribution in [0.4, 0.5) is 10.1 Å². The number of nitrogens with one attached hydrogen (secondary N) is 1. The quantitative estimate of drug-likeness (QED) is 0.0982. The molecule has 5 rings (SSSR count). The van der Waals surface area contributed by atoms with E-state index in [0.717, 1.165) is 0 Å². The zero-order chi connectivity index (χ0) is 32.4. The number of anilines is 1. The lowest BCUT2D eigenvalue weighted by Crippen LogP contribution is -2.67. The van der Waals surface area contributed by atoms with Crippen molar-refractivity contribution in [1.29, 1.82) is 0 Å². The van der Waals surface area contributed by atoms with Gasteiger partial charge in [-0.2, -0.15) is 0 Å². The Morgan fingerprint density at radius 3 is 2.51 bits per heavy atom. The van der Waals surface area contributed by atoms with Crippen molar-refractivity contribution < 1.29 is 53.4 Å². The second kappa shape index (κ2) is 14.0. The number of alkyl halides is 1. The van der Waals surface area contributed by atoms with Crippen molar-refractivity contribution >= 4 is 35.0 Å². The SMILES string of the molecule is CC(=Cc1ccc(O[C@@H]2O[C@H](C(C)=NOCc3ccccc3Cl)[C@@H](O)[C@@H]2F)c(N)c1)C(=O)N[C@@H]1[C@H](O)[C@@H](O)[C@H]2OCO[C@H]2[C@@H]1O. The minimum Gasteiger partial charge on any atom is -0.459 e. The highest BCUT2D eigenvalue weighted by Gasteiger charge is 2.53. The number of fused-ring (bicyclic) bond motifs is 1. The molecule has 2 heterocycles. The number of aliphatic hydroxyl groups is 4. The Morgan fingerprint density at radius 2 is 1.80 bits per heavy atom. The largest absolute Gasteiger partial charge is 0.459 e. The number of nitrogens with zero attached hydrogens (tertiary/aromatic N) is 1. The molecule has 0 aromatic heterocycles. The molecule has 1 amide bonds. The first-order valence-electron chi connectivity index (χ1n) is 14.2. The van der Waals surface area contributed by atoms with E-state index in [1.807, 2.05) is 0 Å². The lowest BCUT2D eigenvalue weighted by atomic mass is 9.83. The van der Waals surface area contributed by atoms with Gasteiger partial charge in [-0.15, -0.1) is 0 Å². The van der Waals surface area contributed by atoms with Crippen LogP contribution >= 0.6 is 11.6 Å². The molecular formula is C30H35ClFN3O10. The van der Waals surface area contributed by atoms with Crippen molar-refractivity contribution in [2.24, 2.45) is 5.16 Å². The van der Waals surface area contributed by atoms with Crippen LogP contribution in [0.3, 0.4) is 0 Å². The fraction of sp³-hybridized carbons (Fsp3) is 0.467. The normalized spacial score (nSPS) is 33.5. The van der Waals surface area contributed by atoms with Crippen LogP contribution in [0, 0.1) is 0 Å². The zero-order valence-corrected chi connectivity index (χ0v) is 25.1. The summed E-state index contributed by atoms with van der Waals surface area (Å²) in [6.07, 6.45) is -10.6. The van der Waals surface area contributed by atoms with Gasteiger partial charge in [0.15, 0.2) is 6.17 Å². The minimum atomic E-state index is -1.92. The van der Waals surface area contributed by atoms with Crippen molar-refractivity contribution in [3.05, 3.63) is 64.2 Å². The highest BCUT2D eigenvalue weighted by molar-refractivity contribution is 6.31. The molecule has 0 spiro atoms. The molecule has 45 heavy (non-hydrogen) atoms. The molecule has 2 aromatic rings. The molecule has 3 fully saturated rings. The molecule has 1 aliphatic carbocycles. The number of halogens is 2. The number of rotatable bonds is 9. The molecule has 0 unspecified atom stereocenters. The zero-order valence-electron chi connectivity index (χ0n) is 24.3. The molecule has 7 N–H and O–H groups in total. The van der Waals surface area contributed by atoms with Crippen LogP contribution in [0.2, 0.25) is 5.02 Å². The number of nitrogens with two attached hydrogens (primary N) is 1. The van der Waals surface area contributed by atoms with E-state index in [2.05, 4.69) is 10.5 Å². The topological polar surface area (TPSA) is 195 Å². The number of hydrogen-bond acceptors (Lipinski definition) is 12. The summed E-state index contributed by atoms with van der Waals surface area (Å²) >= 11 is 6.11. The van der Waals surface area contributed by atoms with Gasteiger partial charge in [-0.05, 0) is 43.7 Å². The Morgan fingerprint density at radius 1 is 1.09 bits per heavy atom. The number of nitrogen functional groups attached to an aromatic ring is 1. The van der Waals surface area contributed by atoms with E-state index in [4.69, 9.17) is 41.1 Å². The van der Waals surface area contributed by atoms with E-state index in [1.165, 1.54) is 32.1 Å². The van der Waals surface area contributed by atoms with Gasteiger partial charge in [-0.3, -0.25) is 4.79 Å². The first-order chi connectivity index (χ1) is 21.5. The lowest BCUT2D eigenvalue weighted by molar-refractivity contribution is -0.155. The highest BCUT2D eigenvalue weighted by Crippen LogP contribution is 2.32. The fourth-order valence-corrected chi connectivity index (χ4v) is 5.55. The van der Waals surface area contributed by atoms with Crippen LogP contribution in [0.5, 0.6) is 5.75 Å². The van der Waals surface area contributed by atoms with Crippen LogP contribution in [0.25, 0.3) is 6.08 Å². The summed E-state index contributed by atoms with van der Waals surface area (Å²) in [6, 6.07) is 10.4. The van der Waals surface area contributed by atoms with Crippen LogP contribution in [0.15, 0.2) is 53.2 Å². The molecule has 244 valence electrons. The van der Waals surface area contributed by atoms with Gasteiger partial charge >= 0.3 is 0 Å². The number of amides is 1. The summed E-state index contributed by atoms with van der Waals surface area (Å²) in [5.74, 6) is -0.538. The summed E-state index contributed by atoms with van der Waals surface area (Å²) < 4.78 is 36.7. The summed E-state index contributed by atoms with van der Waals surface area (Å²) in [7, 11) is 0. The Kier molecular flexibility index (Phi) is 10.3. The predicted molar refractivity (Wildman–Crippen MR) is 159 cm³/mol. The van der Waals surface area contributed by atoms with Gasteiger partial charge in [0.1, 0.15) is 61.9 Å². The third-order valence-corrected chi connectivity index (χ3v) is 8.26. The number of oxime groups is 1. The highest BCUT2D eigenvalue weighted by atomic mass is 35.5. The number of benzene rings is 2.